The highest BCUT2D eigenvalue weighted by atomic mass is 35.5. The number of ether oxygens (including phenoxy) is 2. The molecule has 1 unspecified atom stereocenters. The maximum atomic E-state index is 12.8. The molecule has 31 heavy (non-hydrogen) atoms. The lowest BCUT2D eigenvalue weighted by atomic mass is 10.1. The monoisotopic (exact) mass is 435 g/mol. The van der Waals surface area contributed by atoms with Crippen molar-refractivity contribution in [2.45, 2.75) is 19.6 Å². The fourth-order valence-electron chi connectivity index (χ4n) is 3.20. The molecule has 2 N–H and O–H groups in total. The number of carbonyl (C=O) groups excluding carboxylic acids is 1. The Morgan fingerprint density at radius 3 is 2.61 bits per heavy atom. The number of rotatable bonds is 7. The van der Waals surface area contributed by atoms with Crippen LogP contribution in [-0.2, 0) is 6.61 Å². The molecule has 7 heteroatoms. The van der Waals surface area contributed by atoms with Gasteiger partial charge in [-0.2, -0.15) is 0 Å². The molecule has 158 valence electrons. The minimum Gasteiger partial charge on any atom is -0.493 e. The maximum Gasteiger partial charge on any atom is 0.251 e. The molecule has 0 saturated carbocycles. The molecule has 0 saturated heterocycles. The second-order valence-corrected chi connectivity index (χ2v) is 7.55. The first-order chi connectivity index (χ1) is 15.0. The van der Waals surface area contributed by atoms with E-state index in [1.165, 1.54) is 0 Å². The highest BCUT2D eigenvalue weighted by Crippen LogP contribution is 2.29. The quantitative estimate of drug-likeness (QED) is 0.413. The van der Waals surface area contributed by atoms with E-state index in [4.69, 9.17) is 21.1 Å². The number of nitrogens with one attached hydrogen (secondary N) is 2. The van der Waals surface area contributed by atoms with Gasteiger partial charge in [-0.05, 0) is 55.0 Å². The molecule has 0 spiro atoms. The number of para-hydroxylation sites is 2. The molecule has 6 nitrogen and oxygen atoms in total. The first-order valence-electron chi connectivity index (χ1n) is 9.84. The Labute approximate surface area is 185 Å². The number of hydrogen-bond donors (Lipinski definition) is 2. The van der Waals surface area contributed by atoms with Crippen molar-refractivity contribution in [3.63, 3.8) is 0 Å². The van der Waals surface area contributed by atoms with Crippen molar-refractivity contribution < 1.29 is 14.3 Å². The third-order valence-corrected chi connectivity index (χ3v) is 5.15. The Bertz CT molecular complexity index is 1170. The van der Waals surface area contributed by atoms with Crippen LogP contribution >= 0.6 is 11.6 Å². The molecular weight excluding hydrogens is 414 g/mol. The standard InChI is InChI=1S/C24H22ClN3O3/c1-15(23-27-19-5-3-4-6-20(19)28-23)26-24(29)17-9-12-21(22(13-17)30-2)31-14-16-7-10-18(25)11-8-16/h3-13,15H,14H2,1-2H3,(H,26,29)(H,27,28). The number of methoxy groups -OCH3 is 1. The Hall–Kier alpha value is -3.51. The number of hydrogen-bond acceptors (Lipinski definition) is 4. The van der Waals surface area contributed by atoms with Crippen LogP contribution in [0.1, 0.15) is 34.7 Å². The summed E-state index contributed by atoms with van der Waals surface area (Å²) in [6.45, 7) is 2.25. The Morgan fingerprint density at radius 2 is 1.87 bits per heavy atom. The van der Waals surface area contributed by atoms with Gasteiger partial charge >= 0.3 is 0 Å². The van der Waals surface area contributed by atoms with E-state index >= 15 is 0 Å². The lowest BCUT2D eigenvalue weighted by Gasteiger charge is -2.14. The third kappa shape index (κ3) is 4.81. The van der Waals surface area contributed by atoms with Crippen LogP contribution < -0.4 is 14.8 Å². The summed E-state index contributed by atoms with van der Waals surface area (Å²) in [5.74, 6) is 1.51. The SMILES string of the molecule is COc1cc(C(=O)NC(C)c2nc3ccccc3[nH]2)ccc1OCc1ccc(Cl)cc1. The van der Waals surface area contributed by atoms with E-state index in [-0.39, 0.29) is 11.9 Å². The normalized spacial score (nSPS) is 11.8. The Kier molecular flexibility index (Phi) is 6.09. The van der Waals surface area contributed by atoms with Crippen LogP contribution in [0.25, 0.3) is 11.0 Å². The van der Waals surface area contributed by atoms with Crippen molar-refractivity contribution in [1.29, 1.82) is 0 Å². The molecule has 0 aliphatic carbocycles. The van der Waals surface area contributed by atoms with Gasteiger partial charge in [0.2, 0.25) is 0 Å². The lowest BCUT2D eigenvalue weighted by Crippen LogP contribution is -2.27. The van der Waals surface area contributed by atoms with E-state index in [0.29, 0.717) is 34.5 Å². The van der Waals surface area contributed by atoms with Crippen LogP contribution in [0.4, 0.5) is 0 Å². The number of carbonyl (C=O) groups is 1. The lowest BCUT2D eigenvalue weighted by molar-refractivity contribution is 0.0938. The molecule has 0 bridgehead atoms. The van der Waals surface area contributed by atoms with Crippen molar-refractivity contribution in [2.24, 2.45) is 0 Å². The summed E-state index contributed by atoms with van der Waals surface area (Å²) in [6.07, 6.45) is 0. The zero-order chi connectivity index (χ0) is 21.8. The molecule has 0 fully saturated rings. The van der Waals surface area contributed by atoms with Crippen molar-refractivity contribution in [3.8, 4) is 11.5 Å². The summed E-state index contributed by atoms with van der Waals surface area (Å²) < 4.78 is 11.3. The Balaban J connectivity index is 1.44. The van der Waals surface area contributed by atoms with Gasteiger partial charge in [-0.15, -0.1) is 0 Å². The molecule has 4 rings (SSSR count). The van der Waals surface area contributed by atoms with Crippen LogP contribution in [-0.4, -0.2) is 23.0 Å². The zero-order valence-corrected chi connectivity index (χ0v) is 17.9. The molecule has 1 heterocycles. The summed E-state index contributed by atoms with van der Waals surface area (Å²) in [5.41, 5.74) is 3.25. The van der Waals surface area contributed by atoms with Gasteiger partial charge in [0, 0.05) is 10.6 Å². The fourth-order valence-corrected chi connectivity index (χ4v) is 3.32. The first-order valence-corrected chi connectivity index (χ1v) is 10.2. The number of imidazole rings is 1. The molecule has 1 aromatic heterocycles. The van der Waals surface area contributed by atoms with Crippen molar-refractivity contribution in [1.82, 2.24) is 15.3 Å². The molecule has 4 aromatic rings. The summed E-state index contributed by atoms with van der Waals surface area (Å²) >= 11 is 5.91. The van der Waals surface area contributed by atoms with E-state index in [9.17, 15) is 4.79 Å². The number of halogens is 1. The topological polar surface area (TPSA) is 76.2 Å². The summed E-state index contributed by atoms with van der Waals surface area (Å²) in [5, 5.41) is 3.64. The third-order valence-electron chi connectivity index (χ3n) is 4.90. The van der Waals surface area contributed by atoms with Gasteiger partial charge < -0.3 is 19.8 Å². The van der Waals surface area contributed by atoms with Crippen LogP contribution in [0.3, 0.4) is 0 Å². The molecule has 1 atom stereocenters. The van der Waals surface area contributed by atoms with Gasteiger partial charge in [0.15, 0.2) is 11.5 Å². The molecule has 0 aliphatic rings. The fraction of sp³-hybridized carbons (Fsp3) is 0.167. The van der Waals surface area contributed by atoms with Crippen LogP contribution in [0, 0.1) is 0 Å². The average Bonchev–Trinajstić information content (AvgIpc) is 3.23. The summed E-state index contributed by atoms with van der Waals surface area (Å²) in [7, 11) is 1.54. The highest BCUT2D eigenvalue weighted by Gasteiger charge is 2.17. The van der Waals surface area contributed by atoms with Gasteiger partial charge in [-0.25, -0.2) is 4.98 Å². The van der Waals surface area contributed by atoms with Crippen LogP contribution in [0.2, 0.25) is 5.02 Å². The van der Waals surface area contributed by atoms with E-state index in [1.54, 1.807) is 25.3 Å². The van der Waals surface area contributed by atoms with Crippen molar-refractivity contribution in [3.05, 3.63) is 88.7 Å². The summed E-state index contributed by atoms with van der Waals surface area (Å²) in [4.78, 5) is 20.6. The summed E-state index contributed by atoms with van der Waals surface area (Å²) in [6, 6.07) is 20.0. The highest BCUT2D eigenvalue weighted by molar-refractivity contribution is 6.30. The predicted octanol–water partition coefficient (Wildman–Crippen LogP) is 5.29. The first kappa shape index (κ1) is 20.8. The number of aromatic amines is 1. The van der Waals surface area contributed by atoms with Gasteiger partial charge in [0.1, 0.15) is 12.4 Å². The number of fused-ring (bicyclic) bond motifs is 1. The minimum atomic E-state index is -0.285. The second-order valence-electron chi connectivity index (χ2n) is 7.12. The van der Waals surface area contributed by atoms with E-state index in [1.807, 2.05) is 55.5 Å². The molecule has 1 amide bonds. The average molecular weight is 436 g/mol. The van der Waals surface area contributed by atoms with Crippen molar-refractivity contribution in [2.75, 3.05) is 7.11 Å². The number of aromatic nitrogens is 2. The van der Waals surface area contributed by atoms with Gasteiger partial charge in [0.25, 0.3) is 5.91 Å². The smallest absolute Gasteiger partial charge is 0.251 e. The van der Waals surface area contributed by atoms with Crippen LogP contribution in [0.15, 0.2) is 66.7 Å². The zero-order valence-electron chi connectivity index (χ0n) is 17.2. The number of nitrogens with zero attached hydrogens (tertiary/aromatic N) is 1. The minimum absolute atomic E-state index is 0.226. The molecule has 0 aliphatic heterocycles. The van der Waals surface area contributed by atoms with Gasteiger partial charge in [0.05, 0.1) is 24.2 Å². The van der Waals surface area contributed by atoms with E-state index in [2.05, 4.69) is 15.3 Å². The van der Waals surface area contributed by atoms with E-state index < -0.39 is 0 Å². The Morgan fingerprint density at radius 1 is 1.10 bits per heavy atom. The number of amides is 1. The van der Waals surface area contributed by atoms with Gasteiger partial charge in [-0.3, -0.25) is 4.79 Å². The second kappa shape index (κ2) is 9.10. The van der Waals surface area contributed by atoms with Crippen LogP contribution in [0.5, 0.6) is 11.5 Å². The number of H-pyrrole nitrogens is 1. The predicted molar refractivity (Wildman–Crippen MR) is 121 cm³/mol. The van der Waals surface area contributed by atoms with Crippen molar-refractivity contribution >= 4 is 28.5 Å². The van der Waals surface area contributed by atoms with E-state index in [0.717, 1.165) is 16.6 Å². The maximum absolute atomic E-state index is 12.8. The molecular formula is C24H22ClN3O3. The number of benzene rings is 3. The molecule has 0 radical (unpaired) electrons. The largest absolute Gasteiger partial charge is 0.493 e. The van der Waals surface area contributed by atoms with Gasteiger partial charge in [-0.1, -0.05) is 35.9 Å². The molecule has 3 aromatic carbocycles.